The Morgan fingerprint density at radius 3 is 2.72 bits per heavy atom. The highest BCUT2D eigenvalue weighted by Gasteiger charge is 2.33. The average Bonchev–Trinajstić information content (AvgIpc) is 3.26. The second-order valence-corrected chi connectivity index (χ2v) is 8.87. The molecule has 6 nitrogen and oxygen atoms in total. The van der Waals surface area contributed by atoms with Gasteiger partial charge in [-0.25, -0.2) is 0 Å². The van der Waals surface area contributed by atoms with Gasteiger partial charge in [0.25, 0.3) is 5.91 Å². The third kappa shape index (κ3) is 5.90. The molecule has 1 fully saturated rings. The summed E-state index contributed by atoms with van der Waals surface area (Å²) in [6.45, 7) is 0.385. The van der Waals surface area contributed by atoms with Crippen LogP contribution in [0.3, 0.4) is 0 Å². The maximum absolute atomic E-state index is 12.8. The summed E-state index contributed by atoms with van der Waals surface area (Å²) in [6, 6.07) is 3.81. The third-order valence-electron chi connectivity index (χ3n) is 4.45. The molecule has 0 bridgehead atoms. The molecule has 0 spiro atoms. The van der Waals surface area contributed by atoms with Gasteiger partial charge in [0.1, 0.15) is 15.8 Å². The molecular weight excluding hydrogens is 489 g/mol. The topological polar surface area (TPSA) is 83.6 Å². The van der Waals surface area contributed by atoms with E-state index < -0.39 is 17.7 Å². The molecule has 0 atom stereocenters. The first-order valence-corrected chi connectivity index (χ1v) is 11.0. The predicted molar refractivity (Wildman–Crippen MR) is 118 cm³/mol. The Morgan fingerprint density at radius 1 is 1.31 bits per heavy atom. The SMILES string of the molecule is O=C(O)CCCCCN1C(=O)C(=Cc2ccc(-c3ncc(C(F)(F)F)cc3Cl)o2)SC1=S. The van der Waals surface area contributed by atoms with E-state index in [1.165, 1.54) is 17.0 Å². The largest absolute Gasteiger partial charge is 0.481 e. The lowest BCUT2D eigenvalue weighted by molar-refractivity contribution is -0.138. The maximum atomic E-state index is 12.8. The Labute approximate surface area is 195 Å². The number of pyridine rings is 1. The lowest BCUT2D eigenvalue weighted by Gasteiger charge is -2.13. The minimum Gasteiger partial charge on any atom is -0.481 e. The summed E-state index contributed by atoms with van der Waals surface area (Å²) in [5, 5.41) is 8.44. The van der Waals surface area contributed by atoms with Gasteiger partial charge in [-0.1, -0.05) is 42.0 Å². The van der Waals surface area contributed by atoms with E-state index in [2.05, 4.69) is 4.98 Å². The first kappa shape index (κ1) is 24.3. The van der Waals surface area contributed by atoms with Gasteiger partial charge >= 0.3 is 12.1 Å². The smallest absolute Gasteiger partial charge is 0.417 e. The highest BCUT2D eigenvalue weighted by Crippen LogP contribution is 2.36. The number of halogens is 4. The molecule has 1 aliphatic rings. The average molecular weight is 505 g/mol. The molecule has 3 heterocycles. The highest BCUT2D eigenvalue weighted by atomic mass is 35.5. The summed E-state index contributed by atoms with van der Waals surface area (Å²) < 4.78 is 44.3. The van der Waals surface area contributed by atoms with E-state index in [0.717, 1.165) is 17.8 Å². The van der Waals surface area contributed by atoms with Gasteiger partial charge in [-0.05, 0) is 31.0 Å². The van der Waals surface area contributed by atoms with Crippen LogP contribution in [0.5, 0.6) is 0 Å². The number of carboxylic acids is 1. The molecule has 1 N–H and O–H groups in total. The van der Waals surface area contributed by atoms with Crippen molar-refractivity contribution in [3.05, 3.63) is 45.6 Å². The van der Waals surface area contributed by atoms with Gasteiger partial charge in [0.2, 0.25) is 0 Å². The molecular formula is C20H16ClF3N2O4S2. The summed E-state index contributed by atoms with van der Waals surface area (Å²) in [5.74, 6) is -0.699. The lowest BCUT2D eigenvalue weighted by atomic mass is 10.2. The zero-order valence-electron chi connectivity index (χ0n) is 16.3. The highest BCUT2D eigenvalue weighted by molar-refractivity contribution is 8.26. The predicted octanol–water partition coefficient (Wildman–Crippen LogP) is 5.86. The summed E-state index contributed by atoms with van der Waals surface area (Å²) in [6.07, 6.45) is -0.516. The fraction of sp³-hybridized carbons (Fsp3) is 0.300. The Bertz CT molecular complexity index is 1090. The molecule has 170 valence electrons. The number of thioether (sulfide) groups is 1. The summed E-state index contributed by atoms with van der Waals surface area (Å²) in [7, 11) is 0. The molecule has 32 heavy (non-hydrogen) atoms. The van der Waals surface area contributed by atoms with E-state index in [4.69, 9.17) is 33.3 Å². The van der Waals surface area contributed by atoms with Gasteiger partial charge in [-0.2, -0.15) is 13.2 Å². The number of alkyl halides is 3. The van der Waals surface area contributed by atoms with Crippen LogP contribution in [-0.4, -0.2) is 37.7 Å². The maximum Gasteiger partial charge on any atom is 0.417 e. The van der Waals surface area contributed by atoms with E-state index in [1.807, 2.05) is 0 Å². The van der Waals surface area contributed by atoms with Crippen LogP contribution in [0.1, 0.15) is 37.0 Å². The molecule has 3 rings (SSSR count). The molecule has 1 aliphatic heterocycles. The van der Waals surface area contributed by atoms with Crippen LogP contribution in [0.2, 0.25) is 5.02 Å². The van der Waals surface area contributed by atoms with Crippen molar-refractivity contribution in [2.24, 2.45) is 0 Å². The number of hydrogen-bond donors (Lipinski definition) is 1. The number of aliphatic carboxylic acids is 1. The standard InChI is InChI=1S/C20H16ClF3N2O4S2/c21-13-8-11(20(22,23)24)10-25-17(13)14-6-5-12(30-14)9-15-18(29)26(19(31)32-15)7-3-1-2-4-16(27)28/h5-6,8-10H,1-4,7H2,(H,27,28). The van der Waals surface area contributed by atoms with Crippen LogP contribution in [0, 0.1) is 0 Å². The van der Waals surface area contributed by atoms with E-state index in [1.54, 1.807) is 6.07 Å². The molecule has 1 saturated heterocycles. The zero-order chi connectivity index (χ0) is 23.5. The number of carboxylic acid groups (broad SMARTS) is 1. The molecule has 1 amide bonds. The van der Waals surface area contributed by atoms with Crippen molar-refractivity contribution in [2.75, 3.05) is 6.54 Å². The monoisotopic (exact) mass is 504 g/mol. The van der Waals surface area contributed by atoms with Gasteiger partial charge in [0.05, 0.1) is 15.5 Å². The Morgan fingerprint density at radius 2 is 2.06 bits per heavy atom. The molecule has 0 aromatic carbocycles. The molecule has 0 saturated carbocycles. The second-order valence-electron chi connectivity index (χ2n) is 6.79. The number of amides is 1. The number of aromatic nitrogens is 1. The minimum atomic E-state index is -4.56. The molecule has 0 aliphatic carbocycles. The number of hydrogen-bond acceptors (Lipinski definition) is 6. The number of rotatable bonds is 8. The quantitative estimate of drug-likeness (QED) is 0.274. The van der Waals surface area contributed by atoms with E-state index in [9.17, 15) is 22.8 Å². The van der Waals surface area contributed by atoms with E-state index in [0.29, 0.717) is 47.0 Å². The number of thiocarbonyl (C=S) groups is 1. The number of nitrogens with zero attached hydrogens (tertiary/aromatic N) is 2. The van der Waals surface area contributed by atoms with Gasteiger partial charge < -0.3 is 9.52 Å². The summed E-state index contributed by atoms with van der Waals surface area (Å²) >= 11 is 12.3. The number of unbranched alkanes of at least 4 members (excludes halogenated alkanes) is 2. The van der Waals surface area contributed by atoms with Crippen LogP contribution in [0.15, 0.2) is 33.7 Å². The number of furan rings is 1. The molecule has 0 radical (unpaired) electrons. The van der Waals surface area contributed by atoms with Gasteiger partial charge in [0, 0.05) is 25.2 Å². The summed E-state index contributed by atoms with van der Waals surface area (Å²) in [4.78, 5) is 28.7. The Hall–Kier alpha value is -2.37. The van der Waals surface area contributed by atoms with Gasteiger partial charge in [-0.3, -0.25) is 19.5 Å². The number of carbonyl (C=O) groups is 2. The molecule has 0 unspecified atom stereocenters. The normalized spacial score (nSPS) is 15.8. The third-order valence-corrected chi connectivity index (χ3v) is 6.11. The van der Waals surface area contributed by atoms with Crippen LogP contribution >= 0.6 is 35.6 Å². The lowest BCUT2D eigenvalue weighted by Crippen LogP contribution is -2.29. The Balaban J connectivity index is 1.68. The van der Waals surface area contributed by atoms with Crippen LogP contribution in [-0.2, 0) is 15.8 Å². The molecule has 2 aromatic rings. The first-order chi connectivity index (χ1) is 15.1. The van der Waals surface area contributed by atoms with E-state index >= 15 is 0 Å². The van der Waals surface area contributed by atoms with Crippen LogP contribution in [0.4, 0.5) is 13.2 Å². The first-order valence-electron chi connectivity index (χ1n) is 9.36. The van der Waals surface area contributed by atoms with Crippen LogP contribution < -0.4 is 0 Å². The van der Waals surface area contributed by atoms with Crippen molar-refractivity contribution >= 4 is 57.9 Å². The van der Waals surface area contributed by atoms with Crippen molar-refractivity contribution in [1.82, 2.24) is 9.88 Å². The fourth-order valence-electron chi connectivity index (χ4n) is 2.88. The van der Waals surface area contributed by atoms with Gasteiger partial charge in [-0.15, -0.1) is 0 Å². The van der Waals surface area contributed by atoms with Crippen molar-refractivity contribution < 1.29 is 32.3 Å². The molecule has 2 aromatic heterocycles. The Kier molecular flexibility index (Phi) is 7.63. The van der Waals surface area contributed by atoms with Crippen LogP contribution in [0.25, 0.3) is 17.5 Å². The van der Waals surface area contributed by atoms with Crippen molar-refractivity contribution in [2.45, 2.75) is 31.9 Å². The number of carbonyl (C=O) groups excluding carboxylic acids is 1. The summed E-state index contributed by atoms with van der Waals surface area (Å²) in [5.41, 5.74) is -0.919. The van der Waals surface area contributed by atoms with Gasteiger partial charge in [0.15, 0.2) is 5.76 Å². The van der Waals surface area contributed by atoms with Crippen molar-refractivity contribution in [1.29, 1.82) is 0 Å². The van der Waals surface area contributed by atoms with Crippen molar-refractivity contribution in [3.63, 3.8) is 0 Å². The minimum absolute atomic E-state index is 0.0493. The second kappa shape index (κ2) is 10.1. The zero-order valence-corrected chi connectivity index (χ0v) is 18.7. The van der Waals surface area contributed by atoms with Crippen molar-refractivity contribution in [3.8, 4) is 11.5 Å². The molecule has 12 heteroatoms. The van der Waals surface area contributed by atoms with E-state index in [-0.39, 0.29) is 28.8 Å². The fourth-order valence-corrected chi connectivity index (χ4v) is 4.42.